The first-order chi connectivity index (χ1) is 8.61. The van der Waals surface area contributed by atoms with E-state index in [2.05, 4.69) is 4.98 Å². The number of hydrogen-bond acceptors (Lipinski definition) is 3. The highest BCUT2D eigenvalue weighted by Crippen LogP contribution is 2.34. The lowest BCUT2D eigenvalue weighted by Crippen LogP contribution is -2.36. The van der Waals surface area contributed by atoms with Crippen molar-refractivity contribution in [2.24, 2.45) is 5.92 Å². The first-order valence-electron chi connectivity index (χ1n) is 5.99. The van der Waals surface area contributed by atoms with E-state index in [1.165, 1.54) is 0 Å². The maximum absolute atomic E-state index is 11.9. The number of pyridine rings is 1. The number of carbonyl (C=O) groups is 2. The van der Waals surface area contributed by atoms with Gasteiger partial charge in [0.1, 0.15) is 0 Å². The molecule has 0 radical (unpaired) electrons. The highest BCUT2D eigenvalue weighted by Gasteiger charge is 2.36. The number of carboxylic acids is 1. The normalized spacial score (nSPS) is 24.7. The molecule has 18 heavy (non-hydrogen) atoms. The summed E-state index contributed by atoms with van der Waals surface area (Å²) in [5, 5.41) is 9.35. The van der Waals surface area contributed by atoms with Gasteiger partial charge in [0.05, 0.1) is 12.0 Å². The van der Waals surface area contributed by atoms with Gasteiger partial charge in [-0.2, -0.15) is 0 Å². The second kappa shape index (κ2) is 5.16. The lowest BCUT2D eigenvalue weighted by Gasteiger charge is -2.30. The number of nitrogens with zero attached hydrogens (tertiary/aromatic N) is 2. The summed E-state index contributed by atoms with van der Waals surface area (Å²) in [5.74, 6) is -1.40. The minimum atomic E-state index is -0.849. The van der Waals surface area contributed by atoms with Crippen LogP contribution in [-0.2, 0) is 9.59 Å². The number of hydrogen-bond donors (Lipinski definition) is 1. The highest BCUT2D eigenvalue weighted by molar-refractivity contribution is 5.79. The molecule has 0 saturated carbocycles. The van der Waals surface area contributed by atoms with Crippen LogP contribution in [0.3, 0.4) is 0 Å². The summed E-state index contributed by atoms with van der Waals surface area (Å²) < 4.78 is 0. The molecule has 0 bridgehead atoms. The fraction of sp³-hybridized carbons (Fsp3) is 0.462. The summed E-state index contributed by atoms with van der Waals surface area (Å²) in [6, 6.07) is 3.14. The summed E-state index contributed by atoms with van der Waals surface area (Å²) in [5.41, 5.74) is 0.829. The summed E-state index contributed by atoms with van der Waals surface area (Å²) >= 11 is 0. The van der Waals surface area contributed by atoms with Crippen molar-refractivity contribution in [3.63, 3.8) is 0 Å². The number of carboxylic acid groups (broad SMARTS) is 1. The Morgan fingerprint density at radius 3 is 2.72 bits per heavy atom. The quantitative estimate of drug-likeness (QED) is 0.860. The van der Waals surface area contributed by atoms with Gasteiger partial charge in [0.2, 0.25) is 5.91 Å². The molecular weight excluding hydrogens is 232 g/mol. The van der Waals surface area contributed by atoms with Gasteiger partial charge in [-0.25, -0.2) is 0 Å². The summed E-state index contributed by atoms with van der Waals surface area (Å²) in [4.78, 5) is 28.8. The van der Waals surface area contributed by atoms with E-state index < -0.39 is 17.9 Å². The Morgan fingerprint density at radius 1 is 1.44 bits per heavy atom. The molecular formula is C13H16N2O3. The fourth-order valence-corrected chi connectivity index (χ4v) is 2.51. The lowest BCUT2D eigenvalue weighted by molar-refractivity contribution is -0.145. The van der Waals surface area contributed by atoms with Gasteiger partial charge in [-0.3, -0.25) is 14.6 Å². The third kappa shape index (κ3) is 2.34. The number of amides is 1. The van der Waals surface area contributed by atoms with Crippen LogP contribution in [0.1, 0.15) is 30.9 Å². The van der Waals surface area contributed by atoms with Crippen LogP contribution in [0.2, 0.25) is 0 Å². The predicted molar refractivity (Wildman–Crippen MR) is 64.7 cm³/mol. The summed E-state index contributed by atoms with van der Waals surface area (Å²) in [6.45, 7) is 0. The zero-order valence-corrected chi connectivity index (χ0v) is 10.2. The largest absolute Gasteiger partial charge is 0.481 e. The minimum absolute atomic E-state index is 0.000521. The number of rotatable bonds is 2. The molecule has 1 aromatic heterocycles. The topological polar surface area (TPSA) is 70.5 Å². The van der Waals surface area contributed by atoms with Gasteiger partial charge in [0.25, 0.3) is 0 Å². The Morgan fingerprint density at radius 2 is 2.11 bits per heavy atom. The first kappa shape index (κ1) is 12.5. The number of aliphatic carboxylic acids is 1. The van der Waals surface area contributed by atoms with Gasteiger partial charge >= 0.3 is 5.97 Å². The van der Waals surface area contributed by atoms with Crippen LogP contribution in [-0.4, -0.2) is 33.9 Å². The molecule has 1 aliphatic rings. The first-order valence-corrected chi connectivity index (χ1v) is 5.99. The molecule has 1 amide bonds. The van der Waals surface area contributed by atoms with E-state index in [0.717, 1.165) is 5.56 Å². The molecule has 2 atom stereocenters. The molecule has 2 heterocycles. The van der Waals surface area contributed by atoms with Gasteiger partial charge in [-0.05, 0) is 30.5 Å². The third-order valence-corrected chi connectivity index (χ3v) is 3.46. The Balaban J connectivity index is 2.40. The van der Waals surface area contributed by atoms with Crippen molar-refractivity contribution in [2.45, 2.75) is 25.3 Å². The second-order valence-corrected chi connectivity index (χ2v) is 4.57. The van der Waals surface area contributed by atoms with Crippen molar-refractivity contribution in [1.29, 1.82) is 0 Å². The van der Waals surface area contributed by atoms with E-state index in [0.29, 0.717) is 19.3 Å². The maximum Gasteiger partial charge on any atom is 0.308 e. The molecule has 1 fully saturated rings. The Kier molecular flexibility index (Phi) is 3.60. The molecule has 1 aliphatic heterocycles. The van der Waals surface area contributed by atoms with E-state index in [1.807, 2.05) is 0 Å². The van der Waals surface area contributed by atoms with E-state index in [1.54, 1.807) is 36.5 Å². The van der Waals surface area contributed by atoms with Crippen LogP contribution >= 0.6 is 0 Å². The van der Waals surface area contributed by atoms with Crippen LogP contribution in [0.25, 0.3) is 0 Å². The zero-order valence-electron chi connectivity index (χ0n) is 10.2. The molecule has 1 saturated heterocycles. The van der Waals surface area contributed by atoms with Crippen molar-refractivity contribution in [3.05, 3.63) is 30.1 Å². The number of aromatic nitrogens is 1. The molecule has 0 aliphatic carbocycles. The van der Waals surface area contributed by atoms with E-state index in [-0.39, 0.29) is 5.91 Å². The molecule has 1 N–H and O–H groups in total. The fourth-order valence-electron chi connectivity index (χ4n) is 2.51. The number of likely N-dealkylation sites (tertiary alicyclic amines) is 1. The number of carbonyl (C=O) groups excluding carboxylic acids is 1. The highest BCUT2D eigenvalue weighted by atomic mass is 16.4. The molecule has 0 aromatic carbocycles. The van der Waals surface area contributed by atoms with Gasteiger partial charge in [-0.15, -0.1) is 0 Å². The maximum atomic E-state index is 11.9. The second-order valence-electron chi connectivity index (χ2n) is 4.57. The minimum Gasteiger partial charge on any atom is -0.481 e. The molecule has 96 valence electrons. The van der Waals surface area contributed by atoms with E-state index in [4.69, 9.17) is 0 Å². The van der Waals surface area contributed by atoms with Gasteiger partial charge in [0, 0.05) is 25.9 Å². The zero-order chi connectivity index (χ0) is 13.1. The molecule has 1 aromatic rings. The molecule has 2 rings (SSSR count). The van der Waals surface area contributed by atoms with Crippen LogP contribution < -0.4 is 0 Å². The monoisotopic (exact) mass is 248 g/mol. The van der Waals surface area contributed by atoms with Gasteiger partial charge < -0.3 is 10.0 Å². The van der Waals surface area contributed by atoms with Crippen LogP contribution in [0, 0.1) is 5.92 Å². The summed E-state index contributed by atoms with van der Waals surface area (Å²) in [7, 11) is 1.68. The van der Waals surface area contributed by atoms with Crippen molar-refractivity contribution in [2.75, 3.05) is 7.05 Å². The smallest absolute Gasteiger partial charge is 0.308 e. The standard InChI is InChI=1S/C13H16N2O3/c1-15-11(16)4-2-3-10(13(17)18)12(15)9-5-7-14-8-6-9/h5-8,10,12H,2-4H2,1H3,(H,17,18). The van der Waals surface area contributed by atoms with Crippen LogP contribution in [0.5, 0.6) is 0 Å². The molecule has 2 unspecified atom stereocenters. The van der Waals surface area contributed by atoms with Crippen molar-refractivity contribution in [1.82, 2.24) is 9.88 Å². The predicted octanol–water partition coefficient (Wildman–Crippen LogP) is 1.47. The molecule has 5 heteroatoms. The Labute approximate surface area is 105 Å². The molecule has 5 nitrogen and oxygen atoms in total. The third-order valence-electron chi connectivity index (χ3n) is 3.46. The van der Waals surface area contributed by atoms with Crippen LogP contribution in [0.4, 0.5) is 0 Å². The SMILES string of the molecule is CN1C(=O)CCCC(C(=O)O)C1c1ccncc1. The van der Waals surface area contributed by atoms with E-state index >= 15 is 0 Å². The van der Waals surface area contributed by atoms with Crippen molar-refractivity contribution >= 4 is 11.9 Å². The summed E-state index contributed by atoms with van der Waals surface area (Å²) in [6.07, 6.45) is 4.82. The Bertz CT molecular complexity index is 447. The van der Waals surface area contributed by atoms with Gasteiger partial charge in [0.15, 0.2) is 0 Å². The molecule has 0 spiro atoms. The van der Waals surface area contributed by atoms with E-state index in [9.17, 15) is 14.7 Å². The van der Waals surface area contributed by atoms with Crippen LogP contribution in [0.15, 0.2) is 24.5 Å². The Hall–Kier alpha value is -1.91. The van der Waals surface area contributed by atoms with Gasteiger partial charge in [-0.1, -0.05) is 0 Å². The lowest BCUT2D eigenvalue weighted by atomic mass is 9.90. The average Bonchev–Trinajstić information content (AvgIpc) is 2.51. The van der Waals surface area contributed by atoms with Crippen molar-refractivity contribution in [3.8, 4) is 0 Å². The van der Waals surface area contributed by atoms with Crippen molar-refractivity contribution < 1.29 is 14.7 Å². The average molecular weight is 248 g/mol.